The van der Waals surface area contributed by atoms with E-state index in [1.807, 2.05) is 24.3 Å². The highest BCUT2D eigenvalue weighted by molar-refractivity contribution is 6.30. The number of nitrogens with one attached hydrogen (secondary N) is 4. The van der Waals surface area contributed by atoms with Gasteiger partial charge in [-0.05, 0) is 66.9 Å². The van der Waals surface area contributed by atoms with Crippen LogP contribution >= 0.6 is 11.6 Å². The van der Waals surface area contributed by atoms with Gasteiger partial charge >= 0.3 is 0 Å². The van der Waals surface area contributed by atoms with Gasteiger partial charge in [0.15, 0.2) is 6.17 Å². The highest BCUT2D eigenvalue weighted by atomic mass is 35.5. The summed E-state index contributed by atoms with van der Waals surface area (Å²) in [5.74, 6) is 0.00721. The van der Waals surface area contributed by atoms with Crippen LogP contribution in [0.1, 0.15) is 95.2 Å². The van der Waals surface area contributed by atoms with E-state index in [0.29, 0.717) is 48.9 Å². The third-order valence-corrected chi connectivity index (χ3v) is 8.30. The third-order valence-electron chi connectivity index (χ3n) is 8.06. The van der Waals surface area contributed by atoms with Gasteiger partial charge in [0, 0.05) is 48.5 Å². The fourth-order valence-corrected chi connectivity index (χ4v) is 5.55. The monoisotopic (exact) mass is 691 g/mol. The number of anilines is 1. The molecule has 0 saturated carbocycles. The number of amides is 3. The minimum atomic E-state index is -1.01. The molecule has 9 nitrogen and oxygen atoms in total. The quantitative estimate of drug-likeness (QED) is 0.0543. The van der Waals surface area contributed by atoms with Crippen molar-refractivity contribution in [3.8, 4) is 5.75 Å². The summed E-state index contributed by atoms with van der Waals surface area (Å²) >= 11 is 6.08. The molecule has 0 aliphatic heterocycles. The second kappa shape index (κ2) is 24.1. The molecule has 49 heavy (non-hydrogen) atoms. The minimum Gasteiger partial charge on any atom is -0.494 e. The van der Waals surface area contributed by atoms with Crippen LogP contribution in [0, 0.1) is 0 Å². The van der Waals surface area contributed by atoms with Gasteiger partial charge in [0.05, 0.1) is 13.0 Å². The highest BCUT2D eigenvalue weighted by Crippen LogP contribution is 2.17. The Morgan fingerprint density at radius 3 is 2.20 bits per heavy atom. The molecule has 1 heterocycles. The number of nitrogens with zero attached hydrogens (tertiary/aromatic N) is 1. The normalized spacial score (nSPS) is 11.4. The van der Waals surface area contributed by atoms with Crippen molar-refractivity contribution in [3.05, 3.63) is 89.2 Å². The Kier molecular flexibility index (Phi) is 19.3. The number of halogens is 1. The minimum absolute atomic E-state index is 0.0563. The van der Waals surface area contributed by atoms with Crippen molar-refractivity contribution in [1.29, 1.82) is 0 Å². The van der Waals surface area contributed by atoms with Crippen LogP contribution in [-0.2, 0) is 27.2 Å². The van der Waals surface area contributed by atoms with Crippen molar-refractivity contribution >= 4 is 35.0 Å². The van der Waals surface area contributed by atoms with Gasteiger partial charge in [-0.2, -0.15) is 0 Å². The molecule has 0 fully saturated rings. The molecule has 10 heteroatoms. The summed E-state index contributed by atoms with van der Waals surface area (Å²) in [6, 6.07) is 19.8. The second-order valence-corrected chi connectivity index (χ2v) is 12.8. The molecule has 1 aromatic heterocycles. The summed E-state index contributed by atoms with van der Waals surface area (Å²) in [5, 5.41) is 12.4. The molecule has 1 atom stereocenters. The average molecular weight is 692 g/mol. The van der Waals surface area contributed by atoms with Crippen molar-refractivity contribution in [1.82, 2.24) is 20.9 Å². The molecule has 0 radical (unpaired) electrons. The SMILES string of the molecule is CCCCCCCCCCCCNC(=O)CCCOc1ccc(NC(NC(=O)Cc2cccc(Cl)c2)C(=O)NCCc2ccccn2)cc1. The number of ether oxygens (including phenoxy) is 1. The van der Waals surface area contributed by atoms with Crippen molar-refractivity contribution in [3.63, 3.8) is 0 Å². The first-order chi connectivity index (χ1) is 23.9. The van der Waals surface area contributed by atoms with Crippen molar-refractivity contribution in [2.45, 2.75) is 103 Å². The van der Waals surface area contributed by atoms with Gasteiger partial charge < -0.3 is 26.0 Å². The summed E-state index contributed by atoms with van der Waals surface area (Å²) < 4.78 is 5.84. The van der Waals surface area contributed by atoms with Crippen LogP contribution in [0.5, 0.6) is 5.75 Å². The standard InChI is InChI=1S/C39H54ClN5O4/c1-2-3-4-5-6-7-8-9-10-12-26-42-36(46)19-15-28-49-35-22-20-34(21-23-35)44-38(39(48)43-27-24-33-18-11-13-25-41-33)45-37(47)30-31-16-14-17-32(40)29-31/h11,13-14,16-18,20-23,25,29,38,44H,2-10,12,15,19,24,26-28,30H2,1H3,(H,42,46)(H,43,48)(H,45,47). The fraction of sp³-hybridized carbons (Fsp3) is 0.487. The van der Waals surface area contributed by atoms with E-state index in [1.165, 1.54) is 51.4 Å². The van der Waals surface area contributed by atoms with Crippen molar-refractivity contribution < 1.29 is 19.1 Å². The molecule has 0 bridgehead atoms. The van der Waals surface area contributed by atoms with Crippen molar-refractivity contribution in [2.75, 3.05) is 25.0 Å². The van der Waals surface area contributed by atoms with E-state index >= 15 is 0 Å². The number of hydrogen-bond acceptors (Lipinski definition) is 6. The summed E-state index contributed by atoms with van der Waals surface area (Å²) in [6.07, 6.45) is 15.1. The molecule has 0 spiro atoms. The molecule has 0 aliphatic rings. The van der Waals surface area contributed by atoms with Crippen molar-refractivity contribution in [2.24, 2.45) is 0 Å². The zero-order valence-electron chi connectivity index (χ0n) is 29.0. The van der Waals surface area contributed by atoms with Gasteiger partial charge in [0.2, 0.25) is 11.8 Å². The van der Waals surface area contributed by atoms with Gasteiger partial charge in [-0.15, -0.1) is 0 Å². The Labute approximate surface area is 297 Å². The lowest BCUT2D eigenvalue weighted by molar-refractivity contribution is -0.128. The third kappa shape index (κ3) is 17.7. The predicted octanol–water partition coefficient (Wildman–Crippen LogP) is 7.39. The van der Waals surface area contributed by atoms with E-state index in [4.69, 9.17) is 16.3 Å². The number of unbranched alkanes of at least 4 members (excludes halogenated alkanes) is 9. The number of aromatic nitrogens is 1. The number of carbonyl (C=O) groups excluding carboxylic acids is 3. The first kappa shape index (κ1) is 39.3. The number of rotatable bonds is 25. The van der Waals surface area contributed by atoms with Crippen LogP contribution in [-0.4, -0.2) is 48.6 Å². The van der Waals surface area contributed by atoms with Gasteiger partial charge in [-0.1, -0.05) is 94.5 Å². The maximum Gasteiger partial charge on any atom is 0.263 e. The number of carbonyl (C=O) groups is 3. The maximum atomic E-state index is 13.2. The second-order valence-electron chi connectivity index (χ2n) is 12.3. The topological polar surface area (TPSA) is 121 Å². The zero-order chi connectivity index (χ0) is 34.9. The van der Waals surface area contributed by atoms with Crippen LogP contribution in [0.25, 0.3) is 0 Å². The first-order valence-corrected chi connectivity index (χ1v) is 18.3. The maximum absolute atomic E-state index is 13.2. The molecular weight excluding hydrogens is 638 g/mol. The molecule has 0 saturated heterocycles. The highest BCUT2D eigenvalue weighted by Gasteiger charge is 2.21. The van der Waals surface area contributed by atoms with Crippen LogP contribution in [0.2, 0.25) is 5.02 Å². The molecule has 0 aliphatic carbocycles. The smallest absolute Gasteiger partial charge is 0.263 e. The van der Waals surface area contributed by atoms with E-state index in [1.54, 1.807) is 48.7 Å². The molecule has 3 amide bonds. The molecule has 1 unspecified atom stereocenters. The molecule has 4 N–H and O–H groups in total. The zero-order valence-corrected chi connectivity index (χ0v) is 29.7. The predicted molar refractivity (Wildman–Crippen MR) is 198 cm³/mol. The summed E-state index contributed by atoms with van der Waals surface area (Å²) in [4.78, 5) is 42.5. The largest absolute Gasteiger partial charge is 0.494 e. The molecule has 266 valence electrons. The summed E-state index contributed by atoms with van der Waals surface area (Å²) in [5.41, 5.74) is 2.23. The fourth-order valence-electron chi connectivity index (χ4n) is 5.34. The molecule has 3 rings (SSSR count). The Morgan fingerprint density at radius 2 is 1.51 bits per heavy atom. The summed E-state index contributed by atoms with van der Waals surface area (Å²) in [7, 11) is 0. The molecule has 2 aromatic carbocycles. The van der Waals surface area contributed by atoms with Crippen LogP contribution < -0.4 is 26.0 Å². The van der Waals surface area contributed by atoms with Gasteiger partial charge in [0.25, 0.3) is 5.91 Å². The van der Waals surface area contributed by atoms with E-state index < -0.39 is 6.17 Å². The average Bonchev–Trinajstić information content (AvgIpc) is 3.10. The lowest BCUT2D eigenvalue weighted by atomic mass is 10.1. The van der Waals surface area contributed by atoms with E-state index in [0.717, 1.165) is 30.6 Å². The van der Waals surface area contributed by atoms with Gasteiger partial charge in [-0.25, -0.2) is 0 Å². The Bertz CT molecular complexity index is 1370. The van der Waals surface area contributed by atoms with Crippen LogP contribution in [0.15, 0.2) is 72.9 Å². The van der Waals surface area contributed by atoms with Crippen LogP contribution in [0.3, 0.4) is 0 Å². The summed E-state index contributed by atoms with van der Waals surface area (Å²) in [6.45, 7) is 3.76. The number of benzene rings is 2. The van der Waals surface area contributed by atoms with E-state index in [-0.39, 0.29) is 24.1 Å². The number of hydrogen-bond donors (Lipinski definition) is 4. The Morgan fingerprint density at radius 1 is 0.776 bits per heavy atom. The van der Waals surface area contributed by atoms with Gasteiger partial charge in [-0.3, -0.25) is 19.4 Å². The van der Waals surface area contributed by atoms with Gasteiger partial charge in [0.1, 0.15) is 5.75 Å². The Balaban J connectivity index is 1.37. The first-order valence-electron chi connectivity index (χ1n) is 17.9. The van der Waals surface area contributed by atoms with E-state index in [2.05, 4.69) is 33.2 Å². The molecular formula is C39H54ClN5O4. The number of pyridine rings is 1. The lowest BCUT2D eigenvalue weighted by Gasteiger charge is -2.21. The molecule has 3 aromatic rings. The van der Waals surface area contributed by atoms with E-state index in [9.17, 15) is 14.4 Å². The Hall–Kier alpha value is -4.11. The van der Waals surface area contributed by atoms with Crippen LogP contribution in [0.4, 0.5) is 5.69 Å². The lowest BCUT2D eigenvalue weighted by Crippen LogP contribution is -2.52.